The van der Waals surface area contributed by atoms with E-state index in [1.807, 2.05) is 0 Å². The van der Waals surface area contributed by atoms with Gasteiger partial charge >= 0.3 is 5.97 Å². The fourth-order valence-electron chi connectivity index (χ4n) is 1.72. The minimum atomic E-state index is -1.38. The predicted molar refractivity (Wildman–Crippen MR) is 62.2 cm³/mol. The van der Waals surface area contributed by atoms with Crippen LogP contribution in [0.3, 0.4) is 0 Å². The molecule has 86 valence electrons. The van der Waals surface area contributed by atoms with Crippen LogP contribution in [-0.2, 0) is 9.53 Å². The van der Waals surface area contributed by atoms with Crippen LogP contribution in [0.5, 0.6) is 0 Å². The van der Waals surface area contributed by atoms with Crippen LogP contribution in [0.4, 0.5) is 0 Å². The summed E-state index contributed by atoms with van der Waals surface area (Å²) in [6.45, 7) is 2.05. The number of alkyl halides is 2. The molecule has 0 bridgehead atoms. The minimum absolute atomic E-state index is 0.310. The Morgan fingerprint density at radius 1 is 1.53 bits per heavy atom. The number of carbonyl (C=O) groups is 1. The molecule has 0 aliphatic heterocycles. The monoisotopic (exact) mass is 250 g/mol. The normalized spacial score (nSPS) is 21.4. The first-order valence-corrected chi connectivity index (χ1v) is 6.02. The van der Waals surface area contributed by atoms with Crippen LogP contribution in [0.15, 0.2) is 12.2 Å². The Kier molecular flexibility index (Phi) is 4.94. The van der Waals surface area contributed by atoms with Gasteiger partial charge in [-0.2, -0.15) is 0 Å². The van der Waals surface area contributed by atoms with Crippen molar-refractivity contribution in [3.8, 4) is 0 Å². The van der Waals surface area contributed by atoms with E-state index in [0.717, 1.165) is 19.3 Å². The van der Waals surface area contributed by atoms with Gasteiger partial charge in [0.25, 0.3) is 0 Å². The molecular weight excluding hydrogens is 235 g/mol. The Labute approximate surface area is 101 Å². The van der Waals surface area contributed by atoms with Crippen LogP contribution in [-0.4, -0.2) is 16.9 Å². The maximum absolute atomic E-state index is 11.4. The standard InChI is InChI=1S/C11H16Cl2O2/c1-2-15-10(14)11(12,13)8-9-6-4-3-5-7-9/h3-4,9H,2,5-8H2,1H3. The summed E-state index contributed by atoms with van der Waals surface area (Å²) in [5, 5.41) is 0. The van der Waals surface area contributed by atoms with Crippen LogP contribution in [0.25, 0.3) is 0 Å². The van der Waals surface area contributed by atoms with Crippen LogP contribution in [0.1, 0.15) is 32.6 Å². The maximum atomic E-state index is 11.4. The maximum Gasteiger partial charge on any atom is 0.342 e. The number of hydrogen-bond acceptors (Lipinski definition) is 2. The fourth-order valence-corrected chi connectivity index (χ4v) is 2.27. The van der Waals surface area contributed by atoms with Gasteiger partial charge in [0.05, 0.1) is 6.61 Å². The second kappa shape index (κ2) is 5.76. The smallest absolute Gasteiger partial charge is 0.342 e. The van der Waals surface area contributed by atoms with E-state index < -0.39 is 10.3 Å². The summed E-state index contributed by atoms with van der Waals surface area (Å²) >= 11 is 11.9. The summed E-state index contributed by atoms with van der Waals surface area (Å²) in [6, 6.07) is 0. The zero-order chi connectivity index (χ0) is 11.3. The molecule has 0 saturated carbocycles. The van der Waals surface area contributed by atoms with E-state index in [1.165, 1.54) is 0 Å². The van der Waals surface area contributed by atoms with Crippen molar-refractivity contribution in [2.24, 2.45) is 5.92 Å². The van der Waals surface area contributed by atoms with E-state index in [4.69, 9.17) is 27.9 Å². The Morgan fingerprint density at radius 2 is 2.27 bits per heavy atom. The van der Waals surface area contributed by atoms with E-state index in [2.05, 4.69) is 12.2 Å². The van der Waals surface area contributed by atoms with Crippen molar-refractivity contribution in [1.29, 1.82) is 0 Å². The molecule has 1 unspecified atom stereocenters. The lowest BCUT2D eigenvalue weighted by molar-refractivity contribution is -0.144. The predicted octanol–water partition coefficient (Wildman–Crippen LogP) is 3.47. The highest BCUT2D eigenvalue weighted by Gasteiger charge is 2.37. The highest BCUT2D eigenvalue weighted by atomic mass is 35.5. The SMILES string of the molecule is CCOC(=O)C(Cl)(Cl)CC1CC=CCC1. The number of rotatable bonds is 4. The van der Waals surface area contributed by atoms with E-state index in [9.17, 15) is 4.79 Å². The first-order chi connectivity index (χ1) is 7.06. The third kappa shape index (κ3) is 4.04. The van der Waals surface area contributed by atoms with Crippen molar-refractivity contribution < 1.29 is 9.53 Å². The molecule has 1 aliphatic carbocycles. The third-order valence-corrected chi connectivity index (χ3v) is 3.11. The number of ether oxygens (including phenoxy) is 1. The zero-order valence-corrected chi connectivity index (χ0v) is 10.4. The van der Waals surface area contributed by atoms with Gasteiger partial charge in [-0.25, -0.2) is 4.79 Å². The van der Waals surface area contributed by atoms with Gasteiger partial charge in [0.2, 0.25) is 4.33 Å². The Morgan fingerprint density at radius 3 is 2.80 bits per heavy atom. The van der Waals surface area contributed by atoms with Gasteiger partial charge in [0.1, 0.15) is 0 Å². The molecule has 0 aromatic rings. The molecule has 15 heavy (non-hydrogen) atoms. The first-order valence-electron chi connectivity index (χ1n) is 5.26. The minimum Gasteiger partial charge on any atom is -0.464 e. The molecule has 0 spiro atoms. The van der Waals surface area contributed by atoms with Crippen molar-refractivity contribution in [1.82, 2.24) is 0 Å². The molecule has 0 aromatic heterocycles. The average molecular weight is 251 g/mol. The van der Waals surface area contributed by atoms with Gasteiger partial charge in [-0.1, -0.05) is 35.4 Å². The summed E-state index contributed by atoms with van der Waals surface area (Å²) < 4.78 is 3.44. The number of allylic oxidation sites excluding steroid dienone is 2. The van der Waals surface area contributed by atoms with Gasteiger partial charge in [0, 0.05) is 0 Å². The van der Waals surface area contributed by atoms with Gasteiger partial charge in [-0.3, -0.25) is 0 Å². The largest absolute Gasteiger partial charge is 0.464 e. The summed E-state index contributed by atoms with van der Waals surface area (Å²) in [4.78, 5) is 11.4. The molecule has 0 N–H and O–H groups in total. The zero-order valence-electron chi connectivity index (χ0n) is 8.84. The lowest BCUT2D eigenvalue weighted by atomic mass is 9.90. The van der Waals surface area contributed by atoms with Crippen molar-refractivity contribution in [3.63, 3.8) is 0 Å². The number of hydrogen-bond donors (Lipinski definition) is 0. The van der Waals surface area contributed by atoms with Crippen LogP contribution in [0.2, 0.25) is 0 Å². The van der Waals surface area contributed by atoms with Gasteiger partial charge in [0.15, 0.2) is 0 Å². The molecule has 4 heteroatoms. The summed E-state index contributed by atoms with van der Waals surface area (Å²) in [5.41, 5.74) is 0. The summed E-state index contributed by atoms with van der Waals surface area (Å²) in [6.07, 6.45) is 7.75. The Balaban J connectivity index is 2.47. The van der Waals surface area contributed by atoms with E-state index >= 15 is 0 Å². The second-order valence-corrected chi connectivity index (χ2v) is 5.26. The molecule has 0 aromatic carbocycles. The quantitative estimate of drug-likeness (QED) is 0.434. The Bertz CT molecular complexity index is 249. The number of esters is 1. The van der Waals surface area contributed by atoms with Crippen molar-refractivity contribution >= 4 is 29.2 Å². The van der Waals surface area contributed by atoms with E-state index in [-0.39, 0.29) is 0 Å². The molecule has 1 aliphatic rings. The topological polar surface area (TPSA) is 26.3 Å². The van der Waals surface area contributed by atoms with Crippen molar-refractivity contribution in [2.75, 3.05) is 6.61 Å². The molecule has 0 amide bonds. The molecule has 0 fully saturated rings. The van der Waals surface area contributed by atoms with Gasteiger partial charge < -0.3 is 4.74 Å². The van der Waals surface area contributed by atoms with Crippen LogP contribution < -0.4 is 0 Å². The van der Waals surface area contributed by atoms with E-state index in [0.29, 0.717) is 18.9 Å². The van der Waals surface area contributed by atoms with Crippen LogP contribution in [0, 0.1) is 5.92 Å². The lowest BCUT2D eigenvalue weighted by Crippen LogP contribution is -2.31. The highest BCUT2D eigenvalue weighted by Crippen LogP contribution is 2.35. The van der Waals surface area contributed by atoms with Gasteiger partial charge in [-0.05, 0) is 38.5 Å². The third-order valence-electron chi connectivity index (χ3n) is 2.50. The van der Waals surface area contributed by atoms with Crippen molar-refractivity contribution in [3.05, 3.63) is 12.2 Å². The van der Waals surface area contributed by atoms with Gasteiger partial charge in [-0.15, -0.1) is 0 Å². The first kappa shape index (κ1) is 12.9. The summed E-state index contributed by atoms with van der Waals surface area (Å²) in [5.74, 6) is -0.141. The molecule has 0 radical (unpaired) electrons. The molecule has 0 saturated heterocycles. The molecule has 1 rings (SSSR count). The van der Waals surface area contributed by atoms with E-state index in [1.54, 1.807) is 6.92 Å². The number of carbonyl (C=O) groups excluding carboxylic acids is 1. The molecule has 0 heterocycles. The van der Waals surface area contributed by atoms with Crippen molar-refractivity contribution in [2.45, 2.75) is 36.9 Å². The lowest BCUT2D eigenvalue weighted by Gasteiger charge is -2.24. The fraction of sp³-hybridized carbons (Fsp3) is 0.727. The molecule has 1 atom stereocenters. The average Bonchev–Trinajstić information content (AvgIpc) is 2.19. The second-order valence-electron chi connectivity index (χ2n) is 3.78. The Hall–Kier alpha value is -0.210. The van der Waals surface area contributed by atoms with Crippen LogP contribution >= 0.6 is 23.2 Å². The number of halogens is 2. The molecular formula is C11H16Cl2O2. The molecule has 2 nitrogen and oxygen atoms in total. The summed E-state index contributed by atoms with van der Waals surface area (Å²) in [7, 11) is 0. The highest BCUT2D eigenvalue weighted by molar-refractivity contribution is 6.57.